The molecule has 17 heavy (non-hydrogen) atoms. The molecule has 2 heteroatoms. The van der Waals surface area contributed by atoms with E-state index >= 15 is 0 Å². The molecule has 0 spiro atoms. The van der Waals surface area contributed by atoms with E-state index in [-0.39, 0.29) is 6.04 Å². The van der Waals surface area contributed by atoms with E-state index in [1.54, 1.807) is 0 Å². The van der Waals surface area contributed by atoms with Crippen LogP contribution < -0.4 is 5.73 Å². The SMILES string of the molecule is Cc1ccc(CC(N)C2CCCC2(C)C)nc1. The predicted octanol–water partition coefficient (Wildman–Crippen LogP) is 3.09. The lowest BCUT2D eigenvalue weighted by Gasteiger charge is -2.31. The summed E-state index contributed by atoms with van der Waals surface area (Å²) in [7, 11) is 0. The van der Waals surface area contributed by atoms with E-state index in [1.165, 1.54) is 24.8 Å². The number of hydrogen-bond donors (Lipinski definition) is 1. The lowest BCUT2D eigenvalue weighted by molar-refractivity contribution is 0.219. The molecule has 1 aromatic rings. The predicted molar refractivity (Wildman–Crippen MR) is 71.8 cm³/mol. The first kappa shape index (κ1) is 12.6. The second kappa shape index (κ2) is 4.77. The Morgan fingerprint density at radius 1 is 1.47 bits per heavy atom. The zero-order valence-corrected chi connectivity index (χ0v) is 11.2. The Kier molecular flexibility index (Phi) is 3.53. The van der Waals surface area contributed by atoms with Gasteiger partial charge >= 0.3 is 0 Å². The standard InChI is InChI=1S/C15H24N2/c1-11-6-7-12(17-10-11)9-14(16)13-5-4-8-15(13,2)3/h6-7,10,13-14H,4-5,8-9,16H2,1-3H3. The van der Waals surface area contributed by atoms with Crippen molar-refractivity contribution in [3.8, 4) is 0 Å². The molecule has 0 saturated heterocycles. The Morgan fingerprint density at radius 2 is 2.24 bits per heavy atom. The first-order chi connectivity index (χ1) is 7.99. The molecular weight excluding hydrogens is 208 g/mol. The molecule has 2 rings (SSSR count). The summed E-state index contributed by atoms with van der Waals surface area (Å²) in [6.45, 7) is 6.77. The summed E-state index contributed by atoms with van der Waals surface area (Å²) in [4.78, 5) is 4.46. The lowest BCUT2D eigenvalue weighted by Crippen LogP contribution is -2.38. The molecule has 1 fully saturated rings. The van der Waals surface area contributed by atoms with Crippen molar-refractivity contribution in [2.24, 2.45) is 17.1 Å². The molecule has 1 heterocycles. The maximum atomic E-state index is 6.38. The first-order valence-electron chi connectivity index (χ1n) is 6.66. The highest BCUT2D eigenvalue weighted by atomic mass is 14.7. The zero-order valence-electron chi connectivity index (χ0n) is 11.2. The van der Waals surface area contributed by atoms with Crippen molar-refractivity contribution in [3.05, 3.63) is 29.6 Å². The van der Waals surface area contributed by atoms with Gasteiger partial charge in [-0.25, -0.2) is 0 Å². The van der Waals surface area contributed by atoms with Crippen LogP contribution in [0.5, 0.6) is 0 Å². The quantitative estimate of drug-likeness (QED) is 0.869. The van der Waals surface area contributed by atoms with E-state index in [4.69, 9.17) is 5.73 Å². The first-order valence-corrected chi connectivity index (χ1v) is 6.66. The summed E-state index contributed by atoms with van der Waals surface area (Å²) in [5.74, 6) is 0.644. The summed E-state index contributed by atoms with van der Waals surface area (Å²) in [6, 6.07) is 4.48. The largest absolute Gasteiger partial charge is 0.327 e. The number of nitrogens with two attached hydrogens (primary N) is 1. The van der Waals surface area contributed by atoms with Crippen LogP contribution in [0.4, 0.5) is 0 Å². The molecule has 2 unspecified atom stereocenters. The Balaban J connectivity index is 2.01. The molecule has 0 aliphatic heterocycles. The number of aromatic nitrogens is 1. The van der Waals surface area contributed by atoms with Gasteiger partial charge in [0, 0.05) is 24.4 Å². The highest BCUT2D eigenvalue weighted by Crippen LogP contribution is 2.44. The Bertz CT molecular complexity index is 367. The Morgan fingerprint density at radius 3 is 2.76 bits per heavy atom. The smallest absolute Gasteiger partial charge is 0.0419 e. The molecule has 1 aliphatic carbocycles. The van der Waals surface area contributed by atoms with Gasteiger partial charge in [0.05, 0.1) is 0 Å². The third-order valence-corrected chi connectivity index (χ3v) is 4.27. The number of aryl methyl sites for hydroxylation is 1. The van der Waals surface area contributed by atoms with Gasteiger partial charge in [-0.3, -0.25) is 4.98 Å². The van der Waals surface area contributed by atoms with Crippen LogP contribution in [0.2, 0.25) is 0 Å². The van der Waals surface area contributed by atoms with Crippen LogP contribution in [0.3, 0.4) is 0 Å². The second-order valence-electron chi connectivity index (χ2n) is 6.18. The van der Waals surface area contributed by atoms with Crippen molar-refractivity contribution in [1.82, 2.24) is 4.98 Å². The molecule has 0 bridgehead atoms. The van der Waals surface area contributed by atoms with Crippen LogP contribution in [-0.4, -0.2) is 11.0 Å². The van der Waals surface area contributed by atoms with Gasteiger partial charge in [-0.15, -0.1) is 0 Å². The minimum absolute atomic E-state index is 0.253. The highest BCUT2D eigenvalue weighted by molar-refractivity contribution is 5.13. The third-order valence-electron chi connectivity index (χ3n) is 4.27. The Labute approximate surface area is 105 Å². The fraction of sp³-hybridized carbons (Fsp3) is 0.667. The van der Waals surface area contributed by atoms with Crippen LogP contribution in [0.1, 0.15) is 44.4 Å². The molecular formula is C15H24N2. The van der Waals surface area contributed by atoms with E-state index in [0.29, 0.717) is 11.3 Å². The summed E-state index contributed by atoms with van der Waals surface area (Å²) >= 11 is 0. The number of rotatable bonds is 3. The molecule has 0 amide bonds. The summed E-state index contributed by atoms with van der Waals surface area (Å²) < 4.78 is 0. The summed E-state index contributed by atoms with van der Waals surface area (Å²) in [5, 5.41) is 0. The highest BCUT2D eigenvalue weighted by Gasteiger charge is 2.37. The maximum absolute atomic E-state index is 6.38. The van der Waals surface area contributed by atoms with Crippen LogP contribution in [-0.2, 0) is 6.42 Å². The lowest BCUT2D eigenvalue weighted by atomic mass is 9.76. The van der Waals surface area contributed by atoms with E-state index < -0.39 is 0 Å². The molecule has 1 aromatic heterocycles. The molecule has 2 nitrogen and oxygen atoms in total. The van der Waals surface area contributed by atoms with Crippen molar-refractivity contribution in [3.63, 3.8) is 0 Å². The van der Waals surface area contributed by atoms with Gasteiger partial charge in [-0.2, -0.15) is 0 Å². The Hall–Kier alpha value is -0.890. The normalized spacial score (nSPS) is 24.8. The molecule has 1 saturated carbocycles. The second-order valence-corrected chi connectivity index (χ2v) is 6.18. The average Bonchev–Trinajstić information content (AvgIpc) is 2.61. The van der Waals surface area contributed by atoms with Gasteiger partial charge in [0.2, 0.25) is 0 Å². The van der Waals surface area contributed by atoms with Crippen molar-refractivity contribution >= 4 is 0 Å². The molecule has 2 atom stereocenters. The molecule has 0 radical (unpaired) electrons. The van der Waals surface area contributed by atoms with E-state index in [9.17, 15) is 0 Å². The van der Waals surface area contributed by atoms with Crippen LogP contribution >= 0.6 is 0 Å². The van der Waals surface area contributed by atoms with Crippen LogP contribution in [0, 0.1) is 18.3 Å². The third kappa shape index (κ3) is 2.86. The number of hydrogen-bond acceptors (Lipinski definition) is 2. The monoisotopic (exact) mass is 232 g/mol. The van der Waals surface area contributed by atoms with E-state index in [1.807, 2.05) is 6.20 Å². The van der Waals surface area contributed by atoms with Gasteiger partial charge in [0.1, 0.15) is 0 Å². The van der Waals surface area contributed by atoms with E-state index in [0.717, 1.165) is 12.1 Å². The van der Waals surface area contributed by atoms with Crippen molar-refractivity contribution < 1.29 is 0 Å². The topological polar surface area (TPSA) is 38.9 Å². The fourth-order valence-electron chi connectivity index (χ4n) is 3.15. The van der Waals surface area contributed by atoms with Gasteiger partial charge in [0.15, 0.2) is 0 Å². The summed E-state index contributed by atoms with van der Waals surface area (Å²) in [5.41, 5.74) is 9.13. The van der Waals surface area contributed by atoms with Gasteiger partial charge in [-0.05, 0) is 42.7 Å². The van der Waals surface area contributed by atoms with Gasteiger partial charge in [0.25, 0.3) is 0 Å². The number of nitrogens with zero attached hydrogens (tertiary/aromatic N) is 1. The average molecular weight is 232 g/mol. The van der Waals surface area contributed by atoms with E-state index in [2.05, 4.69) is 37.9 Å². The molecule has 94 valence electrons. The minimum atomic E-state index is 0.253. The van der Waals surface area contributed by atoms with Gasteiger partial charge < -0.3 is 5.73 Å². The molecule has 1 aliphatic rings. The molecule has 0 aromatic carbocycles. The zero-order chi connectivity index (χ0) is 12.5. The number of pyridine rings is 1. The van der Waals surface area contributed by atoms with Crippen LogP contribution in [0.15, 0.2) is 18.3 Å². The summed E-state index contributed by atoms with van der Waals surface area (Å²) in [6.07, 6.45) is 6.76. The van der Waals surface area contributed by atoms with Gasteiger partial charge in [-0.1, -0.05) is 26.3 Å². The van der Waals surface area contributed by atoms with Crippen molar-refractivity contribution in [2.45, 2.75) is 52.5 Å². The molecule has 2 N–H and O–H groups in total. The minimum Gasteiger partial charge on any atom is -0.327 e. The maximum Gasteiger partial charge on any atom is 0.0419 e. The fourth-order valence-corrected chi connectivity index (χ4v) is 3.15. The van der Waals surface area contributed by atoms with Crippen molar-refractivity contribution in [2.75, 3.05) is 0 Å². The van der Waals surface area contributed by atoms with Crippen molar-refractivity contribution in [1.29, 1.82) is 0 Å². The van der Waals surface area contributed by atoms with Crippen LogP contribution in [0.25, 0.3) is 0 Å².